The first kappa shape index (κ1) is 12.4. The average Bonchev–Trinajstić information content (AvgIpc) is 2.77. The Kier molecular flexibility index (Phi) is 3.23. The second-order valence-electron chi connectivity index (χ2n) is 4.21. The molecule has 96 valence electrons. The smallest absolute Gasteiger partial charge is 0.329 e. The standard InChI is InChI=1S/C13H16N2O3/c1-3-13(4-2,11(16)17)15-12-14-9-7-5-6-8-10(9)18-12/h5-8H,3-4H2,1-2H3,(H,14,15)(H,16,17). The van der Waals surface area contributed by atoms with E-state index in [1.165, 1.54) is 0 Å². The second-order valence-corrected chi connectivity index (χ2v) is 4.21. The van der Waals surface area contributed by atoms with Gasteiger partial charge in [-0.15, -0.1) is 0 Å². The van der Waals surface area contributed by atoms with Crippen molar-refractivity contribution in [1.29, 1.82) is 0 Å². The Morgan fingerprint density at radius 1 is 1.39 bits per heavy atom. The lowest BCUT2D eigenvalue weighted by molar-refractivity contribution is -0.142. The molecule has 0 aliphatic heterocycles. The maximum atomic E-state index is 11.4. The van der Waals surface area contributed by atoms with Crippen molar-refractivity contribution in [3.63, 3.8) is 0 Å². The molecule has 18 heavy (non-hydrogen) atoms. The fraction of sp³-hybridized carbons (Fsp3) is 0.385. The van der Waals surface area contributed by atoms with Crippen LogP contribution in [0.2, 0.25) is 0 Å². The van der Waals surface area contributed by atoms with Crippen molar-refractivity contribution in [3.8, 4) is 0 Å². The van der Waals surface area contributed by atoms with Gasteiger partial charge in [0.1, 0.15) is 11.1 Å². The van der Waals surface area contributed by atoms with E-state index in [9.17, 15) is 9.90 Å². The highest BCUT2D eigenvalue weighted by Gasteiger charge is 2.36. The van der Waals surface area contributed by atoms with Gasteiger partial charge in [0, 0.05) is 0 Å². The monoisotopic (exact) mass is 248 g/mol. The van der Waals surface area contributed by atoms with Gasteiger partial charge >= 0.3 is 5.97 Å². The summed E-state index contributed by atoms with van der Waals surface area (Å²) < 4.78 is 5.49. The molecular formula is C13H16N2O3. The summed E-state index contributed by atoms with van der Waals surface area (Å²) >= 11 is 0. The van der Waals surface area contributed by atoms with Crippen LogP contribution in [0, 0.1) is 0 Å². The molecular weight excluding hydrogens is 232 g/mol. The van der Waals surface area contributed by atoms with Crippen LogP contribution in [0.15, 0.2) is 28.7 Å². The molecule has 0 unspecified atom stereocenters. The van der Waals surface area contributed by atoms with Crippen molar-refractivity contribution in [3.05, 3.63) is 24.3 Å². The van der Waals surface area contributed by atoms with E-state index < -0.39 is 11.5 Å². The Bertz CT molecular complexity index is 525. The summed E-state index contributed by atoms with van der Waals surface area (Å²) in [5.74, 6) is -0.894. The van der Waals surface area contributed by atoms with Gasteiger partial charge < -0.3 is 14.8 Å². The Morgan fingerprint density at radius 2 is 2.06 bits per heavy atom. The third kappa shape index (κ3) is 2.03. The van der Waals surface area contributed by atoms with Crippen molar-refractivity contribution >= 4 is 23.1 Å². The summed E-state index contributed by atoms with van der Waals surface area (Å²) in [4.78, 5) is 15.6. The van der Waals surface area contributed by atoms with E-state index in [0.29, 0.717) is 23.9 Å². The van der Waals surface area contributed by atoms with Crippen LogP contribution < -0.4 is 5.32 Å². The zero-order chi connectivity index (χ0) is 13.2. The number of hydrogen-bond acceptors (Lipinski definition) is 4. The number of nitrogens with zero attached hydrogens (tertiary/aromatic N) is 1. The Balaban J connectivity index is 2.34. The average molecular weight is 248 g/mol. The fourth-order valence-corrected chi connectivity index (χ4v) is 1.91. The number of hydrogen-bond donors (Lipinski definition) is 2. The maximum Gasteiger partial charge on any atom is 0.329 e. The normalized spacial score (nSPS) is 11.7. The highest BCUT2D eigenvalue weighted by molar-refractivity contribution is 5.82. The lowest BCUT2D eigenvalue weighted by atomic mass is 9.93. The van der Waals surface area contributed by atoms with Crippen molar-refractivity contribution in [1.82, 2.24) is 4.98 Å². The predicted octanol–water partition coefficient (Wildman–Crippen LogP) is 2.88. The summed E-state index contributed by atoms with van der Waals surface area (Å²) in [5, 5.41) is 12.2. The lowest BCUT2D eigenvalue weighted by Gasteiger charge is -2.26. The molecule has 0 fully saturated rings. The first-order valence-electron chi connectivity index (χ1n) is 5.98. The number of fused-ring (bicyclic) bond motifs is 1. The van der Waals surface area contributed by atoms with E-state index in [-0.39, 0.29) is 6.01 Å². The number of oxazole rings is 1. The van der Waals surface area contributed by atoms with Crippen LogP contribution >= 0.6 is 0 Å². The molecule has 2 aromatic rings. The third-order valence-corrected chi connectivity index (χ3v) is 3.26. The van der Waals surface area contributed by atoms with Gasteiger partial charge in [0.15, 0.2) is 5.58 Å². The van der Waals surface area contributed by atoms with Gasteiger partial charge in [-0.2, -0.15) is 4.98 Å². The molecule has 0 spiro atoms. The molecule has 2 rings (SSSR count). The first-order valence-corrected chi connectivity index (χ1v) is 5.98. The molecule has 2 N–H and O–H groups in total. The molecule has 1 heterocycles. The fourth-order valence-electron chi connectivity index (χ4n) is 1.91. The maximum absolute atomic E-state index is 11.4. The first-order chi connectivity index (χ1) is 8.61. The molecule has 5 nitrogen and oxygen atoms in total. The van der Waals surface area contributed by atoms with E-state index in [0.717, 1.165) is 0 Å². The molecule has 0 bridgehead atoms. The topological polar surface area (TPSA) is 75.4 Å². The molecule has 1 aromatic carbocycles. The summed E-state index contributed by atoms with van der Waals surface area (Å²) in [5.41, 5.74) is 0.332. The zero-order valence-corrected chi connectivity index (χ0v) is 10.4. The molecule has 5 heteroatoms. The van der Waals surface area contributed by atoms with Crippen molar-refractivity contribution in [2.75, 3.05) is 5.32 Å². The van der Waals surface area contributed by atoms with Gasteiger partial charge in [-0.05, 0) is 25.0 Å². The third-order valence-electron chi connectivity index (χ3n) is 3.26. The number of anilines is 1. The molecule has 0 aliphatic rings. The van der Waals surface area contributed by atoms with Gasteiger partial charge in [-0.3, -0.25) is 0 Å². The van der Waals surface area contributed by atoms with Crippen LogP contribution in [0.3, 0.4) is 0 Å². The Hall–Kier alpha value is -2.04. The number of aliphatic carboxylic acids is 1. The molecule has 0 amide bonds. The van der Waals surface area contributed by atoms with Crippen LogP contribution in [-0.2, 0) is 4.79 Å². The van der Waals surface area contributed by atoms with Crippen molar-refractivity contribution in [2.24, 2.45) is 0 Å². The summed E-state index contributed by atoms with van der Waals surface area (Å²) in [6.07, 6.45) is 0.912. The van der Waals surface area contributed by atoms with Crippen molar-refractivity contribution < 1.29 is 14.3 Å². The van der Waals surface area contributed by atoms with Crippen LogP contribution in [-0.4, -0.2) is 21.6 Å². The number of carboxylic acid groups (broad SMARTS) is 1. The molecule has 0 saturated heterocycles. The minimum atomic E-state index is -1.03. The molecule has 0 saturated carbocycles. The van der Waals surface area contributed by atoms with E-state index in [1.807, 2.05) is 32.0 Å². The van der Waals surface area contributed by atoms with Crippen LogP contribution in [0.5, 0.6) is 0 Å². The van der Waals surface area contributed by atoms with Gasteiger partial charge in [0.05, 0.1) is 0 Å². The van der Waals surface area contributed by atoms with Gasteiger partial charge in [0.25, 0.3) is 6.01 Å². The minimum Gasteiger partial charge on any atom is -0.480 e. The number of aromatic nitrogens is 1. The molecule has 0 atom stereocenters. The van der Waals surface area contributed by atoms with E-state index >= 15 is 0 Å². The number of rotatable bonds is 5. The van der Waals surface area contributed by atoms with Gasteiger partial charge in [0.2, 0.25) is 0 Å². The largest absolute Gasteiger partial charge is 0.480 e. The second kappa shape index (κ2) is 4.68. The molecule has 1 aromatic heterocycles. The highest BCUT2D eigenvalue weighted by atomic mass is 16.4. The van der Waals surface area contributed by atoms with E-state index in [1.54, 1.807) is 6.07 Å². The van der Waals surface area contributed by atoms with E-state index in [2.05, 4.69) is 10.3 Å². The summed E-state index contributed by atoms with van der Waals surface area (Å²) in [6, 6.07) is 7.58. The number of benzene rings is 1. The molecule has 0 radical (unpaired) electrons. The quantitative estimate of drug-likeness (QED) is 0.850. The number of carbonyl (C=O) groups is 1. The predicted molar refractivity (Wildman–Crippen MR) is 68.6 cm³/mol. The summed E-state index contributed by atoms with van der Waals surface area (Å²) in [7, 11) is 0. The van der Waals surface area contributed by atoms with Gasteiger partial charge in [-0.25, -0.2) is 4.79 Å². The lowest BCUT2D eigenvalue weighted by Crippen LogP contribution is -2.45. The minimum absolute atomic E-state index is 0.252. The van der Waals surface area contributed by atoms with Crippen LogP contribution in [0.4, 0.5) is 6.01 Å². The van der Waals surface area contributed by atoms with Gasteiger partial charge in [-0.1, -0.05) is 26.0 Å². The van der Waals surface area contributed by atoms with Crippen LogP contribution in [0.25, 0.3) is 11.1 Å². The summed E-state index contributed by atoms with van der Waals surface area (Å²) in [6.45, 7) is 3.65. The Labute approximate surface area is 105 Å². The Morgan fingerprint density at radius 3 is 2.61 bits per heavy atom. The SMILES string of the molecule is CCC(CC)(Nc1nc2ccccc2o1)C(=O)O. The molecule has 0 aliphatic carbocycles. The zero-order valence-electron chi connectivity index (χ0n) is 10.4. The number of carboxylic acids is 1. The number of nitrogens with one attached hydrogen (secondary N) is 1. The van der Waals surface area contributed by atoms with E-state index in [4.69, 9.17) is 4.42 Å². The van der Waals surface area contributed by atoms with Crippen molar-refractivity contribution in [2.45, 2.75) is 32.2 Å². The highest BCUT2D eigenvalue weighted by Crippen LogP contribution is 2.25. The van der Waals surface area contributed by atoms with Crippen LogP contribution in [0.1, 0.15) is 26.7 Å². The number of para-hydroxylation sites is 2.